The van der Waals surface area contributed by atoms with E-state index in [1.807, 2.05) is 0 Å². The highest BCUT2D eigenvalue weighted by atomic mass is 15.2. The number of allylic oxidation sites excluding steroid dienone is 4. The number of hydrogen-bond acceptors (Lipinski definition) is 3. The molecule has 57 heavy (non-hydrogen) atoms. The van der Waals surface area contributed by atoms with Gasteiger partial charge in [0.1, 0.15) is 0 Å². The van der Waals surface area contributed by atoms with Crippen LogP contribution in [0.4, 0.5) is 22.7 Å². The van der Waals surface area contributed by atoms with Crippen molar-refractivity contribution in [1.29, 1.82) is 0 Å². The van der Waals surface area contributed by atoms with Crippen molar-refractivity contribution in [3.63, 3.8) is 0 Å². The third-order valence-electron chi connectivity index (χ3n) is 13.0. The largest absolute Gasteiger partial charge is 0.333 e. The van der Waals surface area contributed by atoms with Gasteiger partial charge in [-0.1, -0.05) is 153 Å². The SMILES string of the molecule is CC1CC/C(c2cccc(N3c4ccccc4C4C=C(c5ccc6c(c5)C5C=CC=CC5N6c5ccccc5)C=CC43)c2)=c2/ccccc2=NC1c1ccccc1. The number of rotatable bonds is 5. The van der Waals surface area contributed by atoms with Crippen LogP contribution in [0.15, 0.2) is 199 Å². The fraction of sp³-hybridized carbons (Fsp3) is 0.167. The number of anilines is 4. The first-order valence-corrected chi connectivity index (χ1v) is 20.6. The molecule has 11 rings (SSSR count). The standard InChI is InChI=1S/C54H45N3/c1-36-27-30-43(44-21-8-11-24-49(44)55-54(36)37-15-4-2-5-16-37)40-17-14-20-42(33-40)57-51-26-13-10-23-46(51)48-35-39(29-32-53(48)57)38-28-31-52-47(34-38)45-22-9-12-25-50(45)56(52)41-18-6-3-7-19-41/h2-26,28-29,31-36,45,48,50,53-54H,27,30H2,1H3/b44-43+,55-49?. The molecule has 276 valence electrons. The van der Waals surface area contributed by atoms with Crippen molar-refractivity contribution in [3.8, 4) is 0 Å². The van der Waals surface area contributed by atoms with Crippen LogP contribution in [-0.2, 0) is 0 Å². The lowest BCUT2D eigenvalue weighted by molar-refractivity contribution is 0.436. The lowest BCUT2D eigenvalue weighted by Crippen LogP contribution is -2.31. The molecule has 0 radical (unpaired) electrons. The maximum Gasteiger partial charge on any atom is 0.0782 e. The Labute approximate surface area is 335 Å². The molecule has 0 saturated heterocycles. The number of benzene rings is 6. The van der Waals surface area contributed by atoms with Crippen LogP contribution in [0.3, 0.4) is 0 Å². The van der Waals surface area contributed by atoms with Gasteiger partial charge in [0.15, 0.2) is 0 Å². The minimum absolute atomic E-state index is 0.147. The molecule has 6 aromatic carbocycles. The minimum atomic E-state index is 0.147. The molecular formula is C54H45N3. The van der Waals surface area contributed by atoms with Gasteiger partial charge >= 0.3 is 0 Å². The van der Waals surface area contributed by atoms with E-state index in [2.05, 4.69) is 211 Å². The van der Waals surface area contributed by atoms with Gasteiger partial charge in [0.05, 0.1) is 23.5 Å². The van der Waals surface area contributed by atoms with Crippen LogP contribution in [0, 0.1) is 5.92 Å². The first-order valence-electron chi connectivity index (χ1n) is 20.6. The molecule has 5 aliphatic rings. The smallest absolute Gasteiger partial charge is 0.0782 e. The Kier molecular flexibility index (Phi) is 8.28. The van der Waals surface area contributed by atoms with Crippen molar-refractivity contribution in [1.82, 2.24) is 0 Å². The maximum atomic E-state index is 5.44. The topological polar surface area (TPSA) is 18.8 Å². The second-order valence-electron chi connectivity index (χ2n) is 16.2. The van der Waals surface area contributed by atoms with E-state index in [9.17, 15) is 0 Å². The minimum Gasteiger partial charge on any atom is -0.333 e. The summed E-state index contributed by atoms with van der Waals surface area (Å²) in [5, 5.41) is 2.34. The highest BCUT2D eigenvalue weighted by Gasteiger charge is 2.40. The van der Waals surface area contributed by atoms with Gasteiger partial charge in [0.2, 0.25) is 0 Å². The van der Waals surface area contributed by atoms with Gasteiger partial charge < -0.3 is 9.80 Å². The molecule has 0 amide bonds. The Balaban J connectivity index is 0.956. The average Bonchev–Trinajstić information content (AvgIpc) is 3.78. The fourth-order valence-corrected chi connectivity index (χ4v) is 10.2. The molecule has 3 heterocycles. The number of fused-ring (bicyclic) bond motifs is 7. The quantitative estimate of drug-likeness (QED) is 0.176. The summed E-state index contributed by atoms with van der Waals surface area (Å²) in [5.74, 6) is 0.990. The fourth-order valence-electron chi connectivity index (χ4n) is 10.2. The Bertz CT molecular complexity index is 2760. The molecule has 3 heteroatoms. The van der Waals surface area contributed by atoms with Gasteiger partial charge in [0.25, 0.3) is 0 Å². The summed E-state index contributed by atoms with van der Waals surface area (Å²) < 4.78 is 0. The normalized spacial score (nSPS) is 25.0. The van der Waals surface area contributed by atoms with Crippen molar-refractivity contribution in [2.45, 2.75) is 49.7 Å². The summed E-state index contributed by atoms with van der Waals surface area (Å²) in [6, 6.07) is 56.5. The molecule has 0 bridgehead atoms. The van der Waals surface area contributed by atoms with Gasteiger partial charge in [-0.3, -0.25) is 4.99 Å². The van der Waals surface area contributed by atoms with Gasteiger partial charge in [-0.15, -0.1) is 0 Å². The average molecular weight is 736 g/mol. The summed E-state index contributed by atoms with van der Waals surface area (Å²) in [4.78, 5) is 10.5. The summed E-state index contributed by atoms with van der Waals surface area (Å²) in [6.45, 7) is 2.37. The van der Waals surface area contributed by atoms with Gasteiger partial charge in [-0.25, -0.2) is 0 Å². The molecule has 6 unspecified atom stereocenters. The zero-order chi connectivity index (χ0) is 37.9. The zero-order valence-electron chi connectivity index (χ0n) is 32.2. The van der Waals surface area contributed by atoms with Crippen LogP contribution in [0.5, 0.6) is 0 Å². The molecule has 3 nitrogen and oxygen atoms in total. The Morgan fingerprint density at radius 3 is 2.18 bits per heavy atom. The van der Waals surface area contributed by atoms with Crippen LogP contribution in [0.1, 0.15) is 65.5 Å². The molecule has 0 saturated carbocycles. The van der Waals surface area contributed by atoms with Crippen molar-refractivity contribution in [2.75, 3.05) is 9.80 Å². The monoisotopic (exact) mass is 735 g/mol. The molecule has 6 aromatic rings. The van der Waals surface area contributed by atoms with E-state index in [1.165, 1.54) is 66.9 Å². The number of hydrogen-bond donors (Lipinski definition) is 0. The van der Waals surface area contributed by atoms with Gasteiger partial charge in [0, 0.05) is 39.8 Å². The maximum absolute atomic E-state index is 5.44. The molecule has 0 spiro atoms. The van der Waals surface area contributed by atoms with Crippen molar-refractivity contribution < 1.29 is 0 Å². The number of nitrogens with zero attached hydrogens (tertiary/aromatic N) is 3. The highest BCUT2D eigenvalue weighted by molar-refractivity contribution is 5.85. The third kappa shape index (κ3) is 5.75. The Hall–Kier alpha value is -6.45. The second-order valence-corrected chi connectivity index (χ2v) is 16.2. The highest BCUT2D eigenvalue weighted by Crippen LogP contribution is 2.51. The van der Waals surface area contributed by atoms with Crippen LogP contribution < -0.4 is 20.4 Å². The molecule has 0 aromatic heterocycles. The number of para-hydroxylation sites is 3. The van der Waals surface area contributed by atoms with E-state index < -0.39 is 0 Å². The van der Waals surface area contributed by atoms with E-state index in [4.69, 9.17) is 4.99 Å². The first-order chi connectivity index (χ1) is 28.2. The summed E-state index contributed by atoms with van der Waals surface area (Å²) in [5.41, 5.74) is 14.4. The zero-order valence-corrected chi connectivity index (χ0v) is 32.2. The van der Waals surface area contributed by atoms with Crippen LogP contribution in [-0.4, -0.2) is 12.1 Å². The van der Waals surface area contributed by atoms with Crippen LogP contribution in [0.2, 0.25) is 0 Å². The van der Waals surface area contributed by atoms with Crippen molar-refractivity contribution in [3.05, 3.63) is 233 Å². The van der Waals surface area contributed by atoms with Crippen molar-refractivity contribution >= 4 is 33.9 Å². The van der Waals surface area contributed by atoms with E-state index in [-0.39, 0.29) is 24.0 Å². The molecule has 0 N–H and O–H groups in total. The Morgan fingerprint density at radius 2 is 1.28 bits per heavy atom. The van der Waals surface area contributed by atoms with Gasteiger partial charge in [-0.2, -0.15) is 0 Å². The molecule has 0 fully saturated rings. The van der Waals surface area contributed by atoms with Gasteiger partial charge in [-0.05, 0) is 106 Å². The van der Waals surface area contributed by atoms with E-state index in [0.717, 1.165) is 18.2 Å². The lowest BCUT2D eigenvalue weighted by atomic mass is 9.84. The predicted octanol–water partition coefficient (Wildman–Crippen LogP) is 11.7. The first kappa shape index (κ1) is 33.9. The van der Waals surface area contributed by atoms with E-state index in [0.29, 0.717) is 11.8 Å². The van der Waals surface area contributed by atoms with Crippen molar-refractivity contribution in [2.24, 2.45) is 10.9 Å². The molecular weight excluding hydrogens is 691 g/mol. The lowest BCUT2D eigenvalue weighted by Gasteiger charge is -2.30. The summed E-state index contributed by atoms with van der Waals surface area (Å²) in [6.07, 6.45) is 18.6. The molecule has 6 atom stereocenters. The second kappa shape index (κ2) is 13.9. The third-order valence-corrected chi connectivity index (χ3v) is 13.0. The van der Waals surface area contributed by atoms with Crippen LogP contribution >= 0.6 is 0 Å². The van der Waals surface area contributed by atoms with E-state index in [1.54, 1.807) is 0 Å². The van der Waals surface area contributed by atoms with E-state index >= 15 is 0 Å². The molecule has 2 aliphatic carbocycles. The van der Waals surface area contributed by atoms with Crippen LogP contribution in [0.25, 0.3) is 11.1 Å². The molecule has 3 aliphatic heterocycles. The summed E-state index contributed by atoms with van der Waals surface area (Å²) >= 11 is 0. The summed E-state index contributed by atoms with van der Waals surface area (Å²) in [7, 11) is 0. The Morgan fingerprint density at radius 1 is 0.561 bits per heavy atom. The predicted molar refractivity (Wildman–Crippen MR) is 236 cm³/mol.